The number of hydrogen-bond acceptors (Lipinski definition) is 3. The van der Waals surface area contributed by atoms with Crippen molar-refractivity contribution in [3.8, 4) is 0 Å². The first-order valence-electron chi connectivity index (χ1n) is 9.14. The quantitative estimate of drug-likeness (QED) is 0.732. The van der Waals surface area contributed by atoms with Gasteiger partial charge in [0.25, 0.3) is 0 Å². The van der Waals surface area contributed by atoms with Crippen molar-refractivity contribution >= 4 is 23.7 Å². The Bertz CT molecular complexity index is 761. The van der Waals surface area contributed by atoms with Crippen LogP contribution < -0.4 is 0 Å². The van der Waals surface area contributed by atoms with Gasteiger partial charge in [-0.05, 0) is 39.2 Å². The van der Waals surface area contributed by atoms with Crippen LogP contribution in [0.25, 0.3) is 6.08 Å². The van der Waals surface area contributed by atoms with E-state index in [0.29, 0.717) is 5.75 Å². The highest BCUT2D eigenvalue weighted by Gasteiger charge is 2.27. The summed E-state index contributed by atoms with van der Waals surface area (Å²) in [7, 11) is 0. The average molecular weight is 370 g/mol. The number of nitrogens with zero attached hydrogens (tertiary/aromatic N) is 3. The molecular formula is C21H27N3OS. The second-order valence-electron chi connectivity index (χ2n) is 7.61. The van der Waals surface area contributed by atoms with Gasteiger partial charge in [-0.2, -0.15) is 0 Å². The molecule has 138 valence electrons. The Labute approximate surface area is 160 Å². The van der Waals surface area contributed by atoms with Gasteiger partial charge in [-0.3, -0.25) is 4.79 Å². The Balaban J connectivity index is 1.60. The van der Waals surface area contributed by atoms with Crippen molar-refractivity contribution in [2.75, 3.05) is 12.3 Å². The predicted octanol–water partition coefficient (Wildman–Crippen LogP) is 4.43. The highest BCUT2D eigenvalue weighted by Crippen LogP contribution is 2.26. The van der Waals surface area contributed by atoms with Crippen LogP contribution in [-0.4, -0.2) is 38.7 Å². The Morgan fingerprint density at radius 3 is 2.81 bits per heavy atom. The van der Waals surface area contributed by atoms with Crippen LogP contribution in [0.15, 0.2) is 54.0 Å². The van der Waals surface area contributed by atoms with Crippen LogP contribution >= 0.6 is 11.8 Å². The third-order valence-electron chi connectivity index (χ3n) is 4.58. The second-order valence-corrected chi connectivity index (χ2v) is 8.55. The molecule has 0 aliphatic carbocycles. The molecule has 0 N–H and O–H groups in total. The minimum atomic E-state index is -0.0313. The van der Waals surface area contributed by atoms with Gasteiger partial charge in [0.05, 0.1) is 11.8 Å². The number of carbonyl (C=O) groups is 1. The maximum atomic E-state index is 12.8. The van der Waals surface area contributed by atoms with Crippen molar-refractivity contribution in [2.24, 2.45) is 0 Å². The van der Waals surface area contributed by atoms with Gasteiger partial charge >= 0.3 is 0 Å². The number of rotatable bonds is 5. The zero-order valence-electron chi connectivity index (χ0n) is 15.8. The molecule has 2 aromatic rings. The number of aromatic nitrogens is 2. The Morgan fingerprint density at radius 2 is 2.08 bits per heavy atom. The molecule has 1 aliphatic rings. The van der Waals surface area contributed by atoms with E-state index in [9.17, 15) is 4.79 Å². The van der Waals surface area contributed by atoms with E-state index in [1.165, 1.54) is 17.3 Å². The third-order valence-corrected chi connectivity index (χ3v) is 5.54. The summed E-state index contributed by atoms with van der Waals surface area (Å²) < 4.78 is 2.13. The monoisotopic (exact) mass is 369 g/mol. The molecule has 1 aromatic carbocycles. The molecule has 5 heteroatoms. The van der Waals surface area contributed by atoms with Crippen molar-refractivity contribution in [1.29, 1.82) is 0 Å². The SMILES string of the molecule is CC(C)(C)n1ccnc1SCC(=O)N1CCCC1/C=C/c1ccccc1. The first kappa shape index (κ1) is 18.8. The van der Waals surface area contributed by atoms with E-state index in [1.807, 2.05) is 29.3 Å². The van der Waals surface area contributed by atoms with Crippen LogP contribution in [0, 0.1) is 0 Å². The normalized spacial score (nSPS) is 18.0. The third kappa shape index (κ3) is 4.58. The van der Waals surface area contributed by atoms with Crippen molar-refractivity contribution in [2.45, 2.75) is 50.4 Å². The van der Waals surface area contributed by atoms with Crippen molar-refractivity contribution in [3.63, 3.8) is 0 Å². The molecule has 1 aliphatic heterocycles. The van der Waals surface area contributed by atoms with Crippen molar-refractivity contribution < 1.29 is 4.79 Å². The minimum absolute atomic E-state index is 0.0313. The van der Waals surface area contributed by atoms with Gasteiger partial charge in [0.2, 0.25) is 5.91 Å². The summed E-state index contributed by atoms with van der Waals surface area (Å²) >= 11 is 1.53. The van der Waals surface area contributed by atoms with Crippen LogP contribution in [0.5, 0.6) is 0 Å². The highest BCUT2D eigenvalue weighted by atomic mass is 32.2. The molecule has 1 unspecified atom stereocenters. The smallest absolute Gasteiger partial charge is 0.233 e. The van der Waals surface area contributed by atoms with E-state index in [4.69, 9.17) is 0 Å². The topological polar surface area (TPSA) is 38.1 Å². The van der Waals surface area contributed by atoms with Gasteiger partial charge in [0.15, 0.2) is 5.16 Å². The molecule has 0 spiro atoms. The molecule has 3 rings (SSSR count). The van der Waals surface area contributed by atoms with E-state index in [0.717, 1.165) is 24.5 Å². The van der Waals surface area contributed by atoms with E-state index in [2.05, 4.69) is 54.6 Å². The Hall–Kier alpha value is -2.01. The number of amides is 1. The molecule has 1 aromatic heterocycles. The molecule has 1 atom stereocenters. The van der Waals surface area contributed by atoms with E-state index in [1.54, 1.807) is 6.20 Å². The first-order chi connectivity index (χ1) is 12.4. The maximum absolute atomic E-state index is 12.8. The van der Waals surface area contributed by atoms with E-state index in [-0.39, 0.29) is 17.5 Å². The molecule has 0 radical (unpaired) electrons. The number of thioether (sulfide) groups is 1. The Kier molecular flexibility index (Phi) is 5.87. The number of carbonyl (C=O) groups excluding carboxylic acids is 1. The maximum Gasteiger partial charge on any atom is 0.233 e. The lowest BCUT2D eigenvalue weighted by molar-refractivity contribution is -0.128. The summed E-state index contributed by atoms with van der Waals surface area (Å²) in [6, 6.07) is 10.4. The predicted molar refractivity (Wildman–Crippen MR) is 108 cm³/mol. The summed E-state index contributed by atoms with van der Waals surface area (Å²) in [6.07, 6.45) is 10.2. The fourth-order valence-electron chi connectivity index (χ4n) is 3.20. The standard InChI is InChI=1S/C21H27N3OS/c1-21(2,3)24-15-13-22-20(24)26-16-19(25)23-14-7-10-18(23)12-11-17-8-5-4-6-9-17/h4-6,8-9,11-13,15,18H,7,10,14,16H2,1-3H3/b12-11+. The highest BCUT2D eigenvalue weighted by molar-refractivity contribution is 7.99. The van der Waals surface area contributed by atoms with E-state index >= 15 is 0 Å². The molecule has 1 amide bonds. The van der Waals surface area contributed by atoms with Gasteiger partial charge in [-0.25, -0.2) is 4.98 Å². The Morgan fingerprint density at radius 1 is 1.31 bits per heavy atom. The molecule has 0 bridgehead atoms. The fraction of sp³-hybridized carbons (Fsp3) is 0.429. The first-order valence-corrected chi connectivity index (χ1v) is 10.1. The molecule has 2 heterocycles. The average Bonchev–Trinajstić information content (AvgIpc) is 3.27. The number of hydrogen-bond donors (Lipinski definition) is 0. The number of likely N-dealkylation sites (tertiary alicyclic amines) is 1. The molecule has 4 nitrogen and oxygen atoms in total. The summed E-state index contributed by atoms with van der Waals surface area (Å²) in [5.41, 5.74) is 1.14. The van der Waals surface area contributed by atoms with Gasteiger partial charge in [-0.1, -0.05) is 54.2 Å². The molecule has 1 fully saturated rings. The summed E-state index contributed by atoms with van der Waals surface area (Å²) in [5, 5.41) is 0.904. The molecule has 0 saturated carbocycles. The van der Waals surface area contributed by atoms with Crippen LogP contribution in [0.4, 0.5) is 0 Å². The number of benzene rings is 1. The molecule has 1 saturated heterocycles. The summed E-state index contributed by atoms with van der Waals surface area (Å²) in [6.45, 7) is 7.28. The van der Waals surface area contributed by atoms with Crippen LogP contribution in [0.1, 0.15) is 39.2 Å². The lowest BCUT2D eigenvalue weighted by Crippen LogP contribution is -2.35. The summed E-state index contributed by atoms with van der Waals surface area (Å²) in [4.78, 5) is 19.2. The zero-order chi connectivity index (χ0) is 18.6. The van der Waals surface area contributed by atoms with Crippen LogP contribution in [0.2, 0.25) is 0 Å². The van der Waals surface area contributed by atoms with Gasteiger partial charge in [0.1, 0.15) is 0 Å². The lowest BCUT2D eigenvalue weighted by Gasteiger charge is -2.24. The van der Waals surface area contributed by atoms with E-state index < -0.39 is 0 Å². The zero-order valence-corrected chi connectivity index (χ0v) is 16.6. The number of imidazole rings is 1. The van der Waals surface area contributed by atoms with Crippen LogP contribution in [-0.2, 0) is 10.3 Å². The largest absolute Gasteiger partial charge is 0.336 e. The molecular weight excluding hydrogens is 342 g/mol. The molecule has 26 heavy (non-hydrogen) atoms. The fourth-order valence-corrected chi connectivity index (χ4v) is 4.23. The van der Waals surface area contributed by atoms with Crippen molar-refractivity contribution in [3.05, 3.63) is 54.4 Å². The van der Waals surface area contributed by atoms with Gasteiger partial charge in [0, 0.05) is 24.5 Å². The van der Waals surface area contributed by atoms with Crippen LogP contribution in [0.3, 0.4) is 0 Å². The van der Waals surface area contributed by atoms with Gasteiger partial charge in [-0.15, -0.1) is 0 Å². The second kappa shape index (κ2) is 8.12. The van der Waals surface area contributed by atoms with Gasteiger partial charge < -0.3 is 9.47 Å². The lowest BCUT2D eigenvalue weighted by atomic mass is 10.1. The summed E-state index contributed by atoms with van der Waals surface area (Å²) in [5.74, 6) is 0.627. The minimum Gasteiger partial charge on any atom is -0.336 e. The van der Waals surface area contributed by atoms with Crippen molar-refractivity contribution in [1.82, 2.24) is 14.5 Å².